The molecule has 2 aromatic rings. The number of likely N-dealkylation sites (tertiary alicyclic amines) is 1. The summed E-state index contributed by atoms with van der Waals surface area (Å²) in [6.45, 7) is 5.39. The van der Waals surface area contributed by atoms with Crippen molar-refractivity contribution in [3.8, 4) is 5.75 Å². The predicted octanol–water partition coefficient (Wildman–Crippen LogP) is 6.26. The van der Waals surface area contributed by atoms with Gasteiger partial charge in [0.15, 0.2) is 0 Å². The number of halogens is 6. The normalized spacial score (nSPS) is 18.6. The van der Waals surface area contributed by atoms with E-state index in [0.29, 0.717) is 23.4 Å². The van der Waals surface area contributed by atoms with Crippen molar-refractivity contribution in [3.63, 3.8) is 0 Å². The molecule has 208 valence electrons. The average molecular weight is 547 g/mol. The Morgan fingerprint density at radius 2 is 1.47 bits per heavy atom. The standard InChI is InChI=1S/C26H28F6N2O4/c1-24(2,3)38-23(36)34-10-9-21(20(14-34)15-5-7-19(37-4)8-6-15)33-22(35)16-11-17(25(27,28)29)13-18(12-16)26(30,31)32/h5-8,11-13,20-21H,9-10,14H2,1-4H3,(H,33,35)/t20-,21?/m0/s1. The van der Waals surface area contributed by atoms with Gasteiger partial charge in [-0.2, -0.15) is 26.3 Å². The summed E-state index contributed by atoms with van der Waals surface area (Å²) >= 11 is 0. The van der Waals surface area contributed by atoms with E-state index < -0.39 is 58.6 Å². The van der Waals surface area contributed by atoms with Gasteiger partial charge in [0, 0.05) is 30.6 Å². The number of methoxy groups -OCH3 is 1. The number of rotatable bonds is 4. The van der Waals surface area contributed by atoms with Crippen LogP contribution in [-0.2, 0) is 17.1 Å². The molecule has 3 rings (SSSR count). The molecule has 0 spiro atoms. The van der Waals surface area contributed by atoms with E-state index in [9.17, 15) is 35.9 Å². The second-order valence-electron chi connectivity index (χ2n) is 9.97. The summed E-state index contributed by atoms with van der Waals surface area (Å²) in [5, 5.41) is 2.59. The molecule has 0 saturated carbocycles. The highest BCUT2D eigenvalue weighted by Crippen LogP contribution is 2.37. The number of hydrogen-bond donors (Lipinski definition) is 1. The zero-order valence-electron chi connectivity index (χ0n) is 21.2. The monoisotopic (exact) mass is 546 g/mol. The number of carbonyl (C=O) groups excluding carboxylic acids is 2. The molecule has 1 unspecified atom stereocenters. The number of ether oxygens (including phenoxy) is 2. The van der Waals surface area contributed by atoms with Crippen LogP contribution in [0, 0.1) is 0 Å². The third-order valence-electron chi connectivity index (χ3n) is 5.97. The van der Waals surface area contributed by atoms with Crippen LogP contribution in [0.3, 0.4) is 0 Å². The quantitative estimate of drug-likeness (QED) is 0.460. The van der Waals surface area contributed by atoms with Crippen molar-refractivity contribution in [2.75, 3.05) is 20.2 Å². The van der Waals surface area contributed by atoms with Gasteiger partial charge in [0.1, 0.15) is 11.4 Å². The Hall–Kier alpha value is -3.44. The van der Waals surface area contributed by atoms with Gasteiger partial charge in [-0.3, -0.25) is 4.79 Å². The van der Waals surface area contributed by atoms with Gasteiger partial charge in [-0.1, -0.05) is 12.1 Å². The SMILES string of the molecule is COc1ccc([C@@H]2CN(C(=O)OC(C)(C)C)CCC2NC(=O)c2cc(C(F)(F)F)cc(C(F)(F)F)c2)cc1. The van der Waals surface area contributed by atoms with E-state index in [2.05, 4.69) is 5.32 Å². The molecule has 2 amide bonds. The van der Waals surface area contributed by atoms with Crippen molar-refractivity contribution in [2.45, 2.75) is 57.1 Å². The summed E-state index contributed by atoms with van der Waals surface area (Å²) in [6.07, 6.45) is -10.6. The highest BCUT2D eigenvalue weighted by atomic mass is 19.4. The summed E-state index contributed by atoms with van der Waals surface area (Å²) in [5.41, 5.74) is -4.00. The number of carbonyl (C=O) groups is 2. The Balaban J connectivity index is 1.92. The molecule has 1 heterocycles. The lowest BCUT2D eigenvalue weighted by Gasteiger charge is -2.39. The second kappa shape index (κ2) is 10.7. The molecule has 38 heavy (non-hydrogen) atoms. The molecular formula is C26H28F6N2O4. The number of benzene rings is 2. The summed E-state index contributed by atoms with van der Waals surface area (Å²) in [7, 11) is 1.48. The number of piperidine rings is 1. The number of amides is 2. The van der Waals surface area contributed by atoms with Crippen molar-refractivity contribution in [1.82, 2.24) is 10.2 Å². The van der Waals surface area contributed by atoms with Crippen LogP contribution in [0.4, 0.5) is 31.1 Å². The van der Waals surface area contributed by atoms with Crippen molar-refractivity contribution < 1.29 is 45.4 Å². The Morgan fingerprint density at radius 1 is 0.921 bits per heavy atom. The van der Waals surface area contributed by atoms with E-state index in [1.165, 1.54) is 12.0 Å². The summed E-state index contributed by atoms with van der Waals surface area (Å²) < 4.78 is 90.3. The predicted molar refractivity (Wildman–Crippen MR) is 126 cm³/mol. The van der Waals surface area contributed by atoms with Crippen LogP contribution in [0.25, 0.3) is 0 Å². The highest BCUT2D eigenvalue weighted by Gasteiger charge is 2.39. The van der Waals surface area contributed by atoms with Crippen molar-refractivity contribution >= 4 is 12.0 Å². The molecule has 1 aliphatic rings. The van der Waals surface area contributed by atoms with Gasteiger partial charge in [-0.25, -0.2) is 4.79 Å². The van der Waals surface area contributed by atoms with Crippen molar-refractivity contribution in [1.29, 1.82) is 0 Å². The second-order valence-corrected chi connectivity index (χ2v) is 9.97. The summed E-state index contributed by atoms with van der Waals surface area (Å²) in [5.74, 6) is -1.06. The van der Waals surface area contributed by atoms with E-state index in [-0.39, 0.29) is 25.6 Å². The lowest BCUT2D eigenvalue weighted by Crippen LogP contribution is -2.52. The molecule has 2 atom stereocenters. The molecule has 1 N–H and O–H groups in total. The van der Waals surface area contributed by atoms with Crippen molar-refractivity contribution in [3.05, 3.63) is 64.7 Å². The molecular weight excluding hydrogens is 518 g/mol. The van der Waals surface area contributed by atoms with Gasteiger partial charge in [0.25, 0.3) is 5.91 Å². The highest BCUT2D eigenvalue weighted by molar-refractivity contribution is 5.95. The van der Waals surface area contributed by atoms with Gasteiger partial charge in [0.05, 0.1) is 18.2 Å². The largest absolute Gasteiger partial charge is 0.497 e. The topological polar surface area (TPSA) is 67.9 Å². The number of alkyl halides is 6. The van der Waals surface area contributed by atoms with E-state index in [1.807, 2.05) is 0 Å². The maximum atomic E-state index is 13.3. The zero-order valence-corrected chi connectivity index (χ0v) is 21.2. The van der Waals surface area contributed by atoms with Gasteiger partial charge < -0.3 is 19.7 Å². The first kappa shape index (κ1) is 29.1. The number of nitrogens with zero attached hydrogens (tertiary/aromatic N) is 1. The molecule has 1 saturated heterocycles. The maximum absolute atomic E-state index is 13.3. The van der Waals surface area contributed by atoms with Gasteiger partial charge in [-0.15, -0.1) is 0 Å². The smallest absolute Gasteiger partial charge is 0.416 e. The van der Waals surface area contributed by atoms with E-state index in [0.717, 1.165) is 0 Å². The minimum absolute atomic E-state index is 0.0315. The summed E-state index contributed by atoms with van der Waals surface area (Å²) in [6, 6.07) is 6.83. The number of nitrogens with one attached hydrogen (secondary N) is 1. The van der Waals surface area contributed by atoms with Crippen LogP contribution in [0.1, 0.15) is 60.2 Å². The van der Waals surface area contributed by atoms with Crippen molar-refractivity contribution in [2.24, 2.45) is 0 Å². The van der Waals surface area contributed by atoms with Crippen LogP contribution < -0.4 is 10.1 Å². The maximum Gasteiger partial charge on any atom is 0.416 e. The molecule has 1 aliphatic heterocycles. The van der Waals surface area contributed by atoms with Crippen LogP contribution in [0.5, 0.6) is 5.75 Å². The van der Waals surface area contributed by atoms with Gasteiger partial charge in [0.2, 0.25) is 0 Å². The Labute approximate surface area is 215 Å². The fraction of sp³-hybridized carbons (Fsp3) is 0.462. The first-order chi connectivity index (χ1) is 17.5. The lowest BCUT2D eigenvalue weighted by atomic mass is 9.85. The molecule has 0 aliphatic carbocycles. The van der Waals surface area contributed by atoms with Crippen LogP contribution >= 0.6 is 0 Å². The molecule has 1 fully saturated rings. The fourth-order valence-corrected chi connectivity index (χ4v) is 4.14. The third kappa shape index (κ3) is 7.32. The summed E-state index contributed by atoms with van der Waals surface area (Å²) in [4.78, 5) is 27.1. The lowest BCUT2D eigenvalue weighted by molar-refractivity contribution is -0.143. The number of hydrogen-bond acceptors (Lipinski definition) is 4. The zero-order chi connectivity index (χ0) is 28.5. The minimum Gasteiger partial charge on any atom is -0.497 e. The van der Waals surface area contributed by atoms with E-state index in [1.54, 1.807) is 45.0 Å². The van der Waals surface area contributed by atoms with E-state index in [4.69, 9.17) is 9.47 Å². The first-order valence-corrected chi connectivity index (χ1v) is 11.7. The third-order valence-corrected chi connectivity index (χ3v) is 5.97. The fourth-order valence-electron chi connectivity index (χ4n) is 4.14. The van der Waals surface area contributed by atoms with Crippen LogP contribution in [0.2, 0.25) is 0 Å². The average Bonchev–Trinajstić information content (AvgIpc) is 2.82. The van der Waals surface area contributed by atoms with Gasteiger partial charge in [-0.05, 0) is 63.1 Å². The molecule has 2 aromatic carbocycles. The Bertz CT molecular complexity index is 1120. The van der Waals surface area contributed by atoms with Gasteiger partial charge >= 0.3 is 18.4 Å². The molecule has 12 heteroatoms. The molecule has 6 nitrogen and oxygen atoms in total. The first-order valence-electron chi connectivity index (χ1n) is 11.7. The molecule has 0 bridgehead atoms. The Kier molecular flexibility index (Phi) is 8.23. The molecule has 0 radical (unpaired) electrons. The van der Waals surface area contributed by atoms with E-state index >= 15 is 0 Å². The Morgan fingerprint density at radius 3 is 1.95 bits per heavy atom. The van der Waals surface area contributed by atoms with Crippen LogP contribution in [-0.4, -0.2) is 48.7 Å². The molecule has 0 aromatic heterocycles. The minimum atomic E-state index is -5.08. The van der Waals surface area contributed by atoms with Crippen LogP contribution in [0.15, 0.2) is 42.5 Å².